The lowest BCUT2D eigenvalue weighted by molar-refractivity contribution is 0.0527. The van der Waals surface area contributed by atoms with Crippen molar-refractivity contribution in [3.63, 3.8) is 0 Å². The number of halogens is 1. The van der Waals surface area contributed by atoms with Crippen molar-refractivity contribution >= 4 is 22.2 Å². The van der Waals surface area contributed by atoms with Crippen molar-refractivity contribution in [3.05, 3.63) is 23.8 Å². The summed E-state index contributed by atoms with van der Waals surface area (Å²) in [4.78, 5) is 11.4. The lowest BCUT2D eigenvalue weighted by atomic mass is 10.2. The molecule has 8 heteroatoms. The number of hydrogen-bond donors (Lipinski definition) is 1. The topological polar surface area (TPSA) is 95.7 Å². The summed E-state index contributed by atoms with van der Waals surface area (Å²) in [5, 5.41) is 0. The molecule has 0 aromatic heterocycles. The Morgan fingerprint density at radius 1 is 1.47 bits per heavy atom. The normalized spacial score (nSPS) is 10.9. The van der Waals surface area contributed by atoms with E-state index in [1.54, 1.807) is 6.92 Å². The molecule has 0 amide bonds. The Balaban J connectivity index is 3.06. The first-order chi connectivity index (χ1) is 7.83. The van der Waals surface area contributed by atoms with Gasteiger partial charge in [0.2, 0.25) is 0 Å². The molecule has 0 aliphatic heterocycles. The van der Waals surface area contributed by atoms with Crippen LogP contribution in [-0.2, 0) is 15.2 Å². The van der Waals surface area contributed by atoms with Crippen LogP contribution in [-0.4, -0.2) is 21.0 Å². The van der Waals surface area contributed by atoms with E-state index >= 15 is 0 Å². The van der Waals surface area contributed by atoms with Crippen LogP contribution in [0, 0.1) is 0 Å². The molecule has 0 aliphatic rings. The first kappa shape index (κ1) is 13.2. The van der Waals surface area contributed by atoms with Crippen LogP contribution in [0.5, 0.6) is 5.75 Å². The molecular weight excluding hydrogens is 253 g/mol. The summed E-state index contributed by atoms with van der Waals surface area (Å²) in [6.07, 6.45) is 0. The molecule has 0 saturated carbocycles. The second-order valence-corrected chi connectivity index (χ2v) is 3.90. The molecule has 0 spiro atoms. The molecule has 0 bridgehead atoms. The zero-order chi connectivity index (χ0) is 13.1. The Bertz CT molecular complexity index is 528. The zero-order valence-electron chi connectivity index (χ0n) is 8.84. The van der Waals surface area contributed by atoms with E-state index in [1.807, 2.05) is 0 Å². The minimum absolute atomic E-state index is 0.0760. The number of carbonyl (C=O) groups is 1. The summed E-state index contributed by atoms with van der Waals surface area (Å²) in [6.45, 7) is 1.73. The van der Waals surface area contributed by atoms with E-state index in [2.05, 4.69) is 8.92 Å². The molecule has 2 N–H and O–H groups in total. The van der Waals surface area contributed by atoms with Crippen LogP contribution in [0.25, 0.3) is 0 Å². The van der Waals surface area contributed by atoms with Crippen LogP contribution in [0.4, 0.5) is 9.57 Å². The van der Waals surface area contributed by atoms with Crippen molar-refractivity contribution in [2.24, 2.45) is 0 Å². The van der Waals surface area contributed by atoms with E-state index in [0.717, 1.165) is 12.1 Å². The van der Waals surface area contributed by atoms with Crippen molar-refractivity contribution in [1.82, 2.24) is 0 Å². The molecule has 0 unspecified atom stereocenters. The third-order valence-electron chi connectivity index (χ3n) is 1.72. The summed E-state index contributed by atoms with van der Waals surface area (Å²) in [5.41, 5.74) is 5.47. The highest BCUT2D eigenvalue weighted by atomic mass is 32.3. The minimum atomic E-state index is -5.14. The first-order valence-electron chi connectivity index (χ1n) is 4.54. The average molecular weight is 263 g/mol. The fourth-order valence-electron chi connectivity index (χ4n) is 1.09. The fourth-order valence-corrected chi connectivity index (χ4v) is 1.42. The van der Waals surface area contributed by atoms with Gasteiger partial charge >= 0.3 is 16.5 Å². The Kier molecular flexibility index (Phi) is 3.89. The second kappa shape index (κ2) is 5.00. The second-order valence-electron chi connectivity index (χ2n) is 2.95. The Morgan fingerprint density at radius 2 is 2.12 bits per heavy atom. The van der Waals surface area contributed by atoms with E-state index in [9.17, 15) is 17.1 Å². The summed E-state index contributed by atoms with van der Waals surface area (Å²) in [7, 11) is -5.14. The molecule has 17 heavy (non-hydrogen) atoms. The van der Waals surface area contributed by atoms with E-state index in [4.69, 9.17) is 5.73 Å². The number of rotatable bonds is 4. The Hall–Kier alpha value is -1.83. The van der Waals surface area contributed by atoms with Gasteiger partial charge in [0.15, 0.2) is 0 Å². The zero-order valence-corrected chi connectivity index (χ0v) is 9.66. The monoisotopic (exact) mass is 263 g/mol. The van der Waals surface area contributed by atoms with Gasteiger partial charge in [-0.25, -0.2) is 4.79 Å². The Labute approximate surface area is 97.6 Å². The predicted molar refractivity (Wildman–Crippen MR) is 57.5 cm³/mol. The van der Waals surface area contributed by atoms with Gasteiger partial charge in [0, 0.05) is 5.69 Å². The van der Waals surface area contributed by atoms with E-state index < -0.39 is 16.5 Å². The Morgan fingerprint density at radius 3 is 2.65 bits per heavy atom. The molecule has 0 radical (unpaired) electrons. The number of nitrogen functional groups attached to an aromatic ring is 1. The van der Waals surface area contributed by atoms with Crippen molar-refractivity contribution in [2.75, 3.05) is 12.3 Å². The van der Waals surface area contributed by atoms with E-state index in [0.29, 0.717) is 0 Å². The molecule has 0 aliphatic carbocycles. The molecule has 1 rings (SSSR count). The SMILES string of the molecule is CCOC(=O)c1cc(OS(=O)(=O)F)ccc1N. The third-order valence-corrected chi connectivity index (χ3v) is 2.11. The van der Waals surface area contributed by atoms with E-state index in [-0.39, 0.29) is 23.6 Å². The number of benzene rings is 1. The molecule has 94 valence electrons. The van der Waals surface area contributed by atoms with Gasteiger partial charge < -0.3 is 14.7 Å². The maximum Gasteiger partial charge on any atom is 0.488 e. The van der Waals surface area contributed by atoms with Crippen LogP contribution in [0.1, 0.15) is 17.3 Å². The van der Waals surface area contributed by atoms with Crippen molar-refractivity contribution in [1.29, 1.82) is 0 Å². The smallest absolute Gasteiger partial charge is 0.462 e. The lowest BCUT2D eigenvalue weighted by Crippen LogP contribution is -2.09. The number of hydrogen-bond acceptors (Lipinski definition) is 6. The standard InChI is InChI=1S/C9H10FNO5S/c1-2-15-9(12)7-5-6(3-4-8(7)11)16-17(10,13)14/h3-5H,2,11H2,1H3. The van der Waals surface area contributed by atoms with Gasteiger partial charge in [0.25, 0.3) is 0 Å². The fraction of sp³-hybridized carbons (Fsp3) is 0.222. The van der Waals surface area contributed by atoms with Crippen LogP contribution in [0.2, 0.25) is 0 Å². The number of anilines is 1. The number of carbonyl (C=O) groups excluding carboxylic acids is 1. The highest BCUT2D eigenvalue weighted by Crippen LogP contribution is 2.22. The molecule has 6 nitrogen and oxygen atoms in total. The van der Waals surface area contributed by atoms with Gasteiger partial charge in [-0.2, -0.15) is 8.42 Å². The van der Waals surface area contributed by atoms with Gasteiger partial charge in [-0.15, -0.1) is 0 Å². The van der Waals surface area contributed by atoms with Gasteiger partial charge in [0.05, 0.1) is 12.2 Å². The van der Waals surface area contributed by atoms with Crippen molar-refractivity contribution in [3.8, 4) is 5.75 Å². The molecule has 0 heterocycles. The average Bonchev–Trinajstić information content (AvgIpc) is 2.19. The van der Waals surface area contributed by atoms with Crippen LogP contribution < -0.4 is 9.92 Å². The number of esters is 1. The number of nitrogens with two attached hydrogens (primary N) is 1. The number of ether oxygens (including phenoxy) is 1. The maximum atomic E-state index is 12.3. The van der Waals surface area contributed by atoms with Crippen LogP contribution in [0.3, 0.4) is 0 Å². The summed E-state index contributed by atoms with van der Waals surface area (Å²) < 4.78 is 41.4. The first-order valence-corrected chi connectivity index (χ1v) is 5.85. The van der Waals surface area contributed by atoms with Crippen LogP contribution >= 0.6 is 0 Å². The highest BCUT2D eigenvalue weighted by Gasteiger charge is 2.15. The minimum Gasteiger partial charge on any atom is -0.462 e. The van der Waals surface area contributed by atoms with Crippen molar-refractivity contribution in [2.45, 2.75) is 6.92 Å². The molecule has 0 atom stereocenters. The molecule has 0 fully saturated rings. The summed E-state index contributed by atoms with van der Waals surface area (Å²) in [6, 6.07) is 3.33. The molecule has 0 saturated heterocycles. The van der Waals surface area contributed by atoms with Gasteiger partial charge in [-0.1, -0.05) is 3.89 Å². The predicted octanol–water partition coefficient (Wildman–Crippen LogP) is 1.04. The van der Waals surface area contributed by atoms with Gasteiger partial charge in [0.1, 0.15) is 5.75 Å². The van der Waals surface area contributed by atoms with Crippen molar-refractivity contribution < 1.29 is 26.0 Å². The molecular formula is C9H10FNO5S. The van der Waals surface area contributed by atoms with Gasteiger partial charge in [-0.05, 0) is 25.1 Å². The molecule has 1 aromatic rings. The maximum absolute atomic E-state index is 12.3. The highest BCUT2D eigenvalue weighted by molar-refractivity contribution is 7.81. The largest absolute Gasteiger partial charge is 0.488 e. The summed E-state index contributed by atoms with van der Waals surface area (Å²) >= 11 is 0. The lowest BCUT2D eigenvalue weighted by Gasteiger charge is -2.07. The quantitative estimate of drug-likeness (QED) is 0.495. The van der Waals surface area contributed by atoms with Gasteiger partial charge in [-0.3, -0.25) is 0 Å². The molecule has 1 aromatic carbocycles. The third kappa shape index (κ3) is 3.91. The summed E-state index contributed by atoms with van der Waals surface area (Å²) in [5.74, 6) is -1.10. The van der Waals surface area contributed by atoms with E-state index in [1.165, 1.54) is 6.07 Å². The van der Waals surface area contributed by atoms with Crippen LogP contribution in [0.15, 0.2) is 18.2 Å².